The fourth-order valence-electron chi connectivity index (χ4n) is 6.23. The number of rotatable bonds is 14. The summed E-state index contributed by atoms with van der Waals surface area (Å²) in [5.74, 6) is -0.0886. The van der Waals surface area contributed by atoms with Gasteiger partial charge < -0.3 is 0 Å². The van der Waals surface area contributed by atoms with Crippen LogP contribution in [-0.2, 0) is 17.6 Å². The Hall–Kier alpha value is -3.33. The number of benzene rings is 3. The van der Waals surface area contributed by atoms with Crippen molar-refractivity contribution in [2.45, 2.75) is 90.9 Å². The third-order valence-electron chi connectivity index (χ3n) is 8.48. The van der Waals surface area contributed by atoms with Crippen LogP contribution in [0.5, 0.6) is 0 Å². The van der Waals surface area contributed by atoms with Gasteiger partial charge in [-0.05, 0) is 78.1 Å². The van der Waals surface area contributed by atoms with Gasteiger partial charge in [0.05, 0.1) is 0 Å². The van der Waals surface area contributed by atoms with Crippen LogP contribution < -0.4 is 0 Å². The van der Waals surface area contributed by atoms with Gasteiger partial charge in [0.25, 0.3) is 0 Å². The highest BCUT2D eigenvalue weighted by Gasteiger charge is 2.36. The number of aryl methyl sites for hydroxylation is 2. The van der Waals surface area contributed by atoms with Crippen LogP contribution in [0.3, 0.4) is 0 Å². The molecule has 0 saturated carbocycles. The van der Waals surface area contributed by atoms with E-state index in [2.05, 4.69) is 38.1 Å². The third kappa shape index (κ3) is 7.24. The molecule has 0 fully saturated rings. The molecule has 0 bridgehead atoms. The number of carbonyl (C=O) groups is 2. The van der Waals surface area contributed by atoms with Gasteiger partial charge >= 0.3 is 0 Å². The van der Waals surface area contributed by atoms with E-state index in [0.29, 0.717) is 18.6 Å². The molecule has 40 heavy (non-hydrogen) atoms. The highest BCUT2D eigenvalue weighted by molar-refractivity contribution is 6.02. The van der Waals surface area contributed by atoms with Crippen LogP contribution in [0.2, 0.25) is 0 Å². The van der Waals surface area contributed by atoms with Crippen molar-refractivity contribution in [3.63, 3.8) is 0 Å². The summed E-state index contributed by atoms with van der Waals surface area (Å²) in [6, 6.07) is 20.8. The largest absolute Gasteiger partial charge is 0.300 e. The lowest BCUT2D eigenvalue weighted by atomic mass is 9.79. The van der Waals surface area contributed by atoms with Gasteiger partial charge in [0, 0.05) is 30.2 Å². The Morgan fingerprint density at radius 2 is 1.60 bits per heavy atom. The first-order valence-corrected chi connectivity index (χ1v) is 15.1. The molecule has 0 N–H and O–H groups in total. The molecule has 1 aliphatic carbocycles. The zero-order valence-electron chi connectivity index (χ0n) is 24.3. The highest BCUT2D eigenvalue weighted by Crippen LogP contribution is 2.46. The van der Waals surface area contributed by atoms with Crippen LogP contribution in [0, 0.1) is 18.7 Å². The van der Waals surface area contributed by atoms with Crippen molar-refractivity contribution in [1.29, 1.82) is 0 Å². The predicted molar refractivity (Wildman–Crippen MR) is 163 cm³/mol. The highest BCUT2D eigenvalue weighted by atomic mass is 19.1. The fraction of sp³-hybridized carbons (Fsp3) is 0.405. The number of hydrogen-bond acceptors (Lipinski definition) is 2. The molecule has 210 valence electrons. The zero-order valence-corrected chi connectivity index (χ0v) is 24.3. The summed E-state index contributed by atoms with van der Waals surface area (Å²) >= 11 is 0. The van der Waals surface area contributed by atoms with E-state index >= 15 is 0 Å². The van der Waals surface area contributed by atoms with Crippen molar-refractivity contribution in [3.8, 4) is 0 Å². The Kier molecular flexibility index (Phi) is 10.6. The molecule has 3 heteroatoms. The van der Waals surface area contributed by atoms with E-state index in [1.807, 2.05) is 43.3 Å². The van der Waals surface area contributed by atoms with Crippen LogP contribution in [0.15, 0.2) is 72.8 Å². The molecule has 3 aromatic carbocycles. The molecule has 3 aromatic rings. The quantitative estimate of drug-likeness (QED) is 0.151. The predicted octanol–water partition coefficient (Wildman–Crippen LogP) is 9.63. The maximum Gasteiger partial charge on any atom is 0.170 e. The number of allylic oxidation sites excluding steroid dienone is 2. The molecule has 2 atom stereocenters. The molecule has 0 radical (unpaired) electrons. The zero-order chi connectivity index (χ0) is 28.5. The monoisotopic (exact) mass is 538 g/mol. The minimum absolute atomic E-state index is 0.00340. The number of ketones is 2. The average Bonchev–Trinajstić information content (AvgIpc) is 3.41. The van der Waals surface area contributed by atoms with E-state index in [1.54, 1.807) is 0 Å². The van der Waals surface area contributed by atoms with Gasteiger partial charge in [-0.1, -0.05) is 100 Å². The molecule has 4 rings (SSSR count). The van der Waals surface area contributed by atoms with Crippen molar-refractivity contribution in [2.24, 2.45) is 5.92 Å². The second kappa shape index (κ2) is 14.3. The summed E-state index contributed by atoms with van der Waals surface area (Å²) in [4.78, 5) is 26.7. The lowest BCUT2D eigenvalue weighted by Crippen LogP contribution is -2.20. The Morgan fingerprint density at radius 3 is 2.33 bits per heavy atom. The first-order valence-electron chi connectivity index (χ1n) is 15.1. The van der Waals surface area contributed by atoms with Gasteiger partial charge in [0.15, 0.2) is 5.78 Å². The van der Waals surface area contributed by atoms with Crippen LogP contribution in [0.25, 0.3) is 5.57 Å². The molecule has 1 aliphatic rings. The summed E-state index contributed by atoms with van der Waals surface area (Å²) in [5, 5.41) is 0. The average molecular weight is 539 g/mol. The summed E-state index contributed by atoms with van der Waals surface area (Å²) in [5.41, 5.74) is 7.47. The van der Waals surface area contributed by atoms with Crippen molar-refractivity contribution in [2.75, 3.05) is 0 Å². The summed E-state index contributed by atoms with van der Waals surface area (Å²) in [6.07, 6.45) is 11.5. The van der Waals surface area contributed by atoms with Gasteiger partial charge in [-0.15, -0.1) is 0 Å². The van der Waals surface area contributed by atoms with Gasteiger partial charge in [0.2, 0.25) is 0 Å². The minimum Gasteiger partial charge on any atom is -0.300 e. The molecule has 0 spiro atoms. The van der Waals surface area contributed by atoms with E-state index in [4.69, 9.17) is 0 Å². The molecule has 2 unspecified atom stereocenters. The molecule has 0 heterocycles. The van der Waals surface area contributed by atoms with Crippen LogP contribution in [0.1, 0.15) is 109 Å². The maximum absolute atomic E-state index is 14.0. The standard InChI is InChI=1S/C37H43FO2/c1-4-6-7-8-9-15-31(39)23-20-28-14-12-17-34(32(28)5-2)35-24-29(27-18-21-30(38)22-19-27)25-36(35)37(40)33-16-11-10-13-26(33)3/h10-14,16-19,21-22,25,35-36H,4-9,15,20,23-24H2,1-3H3. The Balaban J connectivity index is 1.59. The summed E-state index contributed by atoms with van der Waals surface area (Å²) in [6.45, 7) is 6.36. The second-order valence-electron chi connectivity index (χ2n) is 11.3. The van der Waals surface area contributed by atoms with E-state index in [-0.39, 0.29) is 23.4 Å². The van der Waals surface area contributed by atoms with E-state index in [1.165, 1.54) is 48.1 Å². The Bertz CT molecular complexity index is 1330. The van der Waals surface area contributed by atoms with E-state index in [0.717, 1.165) is 54.4 Å². The van der Waals surface area contributed by atoms with Crippen molar-refractivity contribution in [1.82, 2.24) is 0 Å². The smallest absolute Gasteiger partial charge is 0.170 e. The Labute approximate surface area is 239 Å². The minimum atomic E-state index is -0.300. The molecule has 0 saturated heterocycles. The molecule has 0 aromatic heterocycles. The Morgan fingerprint density at radius 1 is 0.850 bits per heavy atom. The molecule has 0 amide bonds. The number of hydrogen-bond donors (Lipinski definition) is 0. The van der Waals surface area contributed by atoms with Crippen LogP contribution >= 0.6 is 0 Å². The number of Topliss-reactive ketones (excluding diaryl/α,β-unsaturated/α-hetero) is 2. The number of unbranched alkanes of at least 4 members (excludes halogenated alkanes) is 4. The van der Waals surface area contributed by atoms with Gasteiger partial charge in [-0.25, -0.2) is 4.39 Å². The van der Waals surface area contributed by atoms with Crippen LogP contribution in [0.4, 0.5) is 4.39 Å². The van der Waals surface area contributed by atoms with Crippen molar-refractivity contribution >= 4 is 17.1 Å². The maximum atomic E-state index is 14.0. The van der Waals surface area contributed by atoms with Gasteiger partial charge in [-0.3, -0.25) is 9.59 Å². The molecular formula is C37H43FO2. The molecular weight excluding hydrogens is 495 g/mol. The lowest BCUT2D eigenvalue weighted by Gasteiger charge is -2.24. The number of halogens is 1. The van der Waals surface area contributed by atoms with Crippen molar-refractivity contribution in [3.05, 3.63) is 112 Å². The van der Waals surface area contributed by atoms with E-state index < -0.39 is 0 Å². The SMILES string of the molecule is CCCCCCCC(=O)CCc1cccc(C2CC(c3ccc(F)cc3)=CC2C(=O)c2ccccc2C)c1CC. The first kappa shape index (κ1) is 29.6. The van der Waals surface area contributed by atoms with Crippen LogP contribution in [-0.4, -0.2) is 11.6 Å². The fourth-order valence-corrected chi connectivity index (χ4v) is 6.23. The third-order valence-corrected chi connectivity index (χ3v) is 8.48. The van der Waals surface area contributed by atoms with E-state index in [9.17, 15) is 14.0 Å². The lowest BCUT2D eigenvalue weighted by molar-refractivity contribution is -0.119. The molecule has 2 nitrogen and oxygen atoms in total. The normalized spacial score (nSPS) is 16.6. The van der Waals surface area contributed by atoms with Gasteiger partial charge in [0.1, 0.15) is 11.6 Å². The molecule has 0 aliphatic heterocycles. The summed E-state index contributed by atoms with van der Waals surface area (Å²) in [7, 11) is 0. The second-order valence-corrected chi connectivity index (χ2v) is 11.3. The first-order chi connectivity index (χ1) is 19.4. The number of carbonyl (C=O) groups excluding carboxylic acids is 2. The topological polar surface area (TPSA) is 34.1 Å². The summed E-state index contributed by atoms with van der Waals surface area (Å²) < 4.78 is 13.7. The van der Waals surface area contributed by atoms with Gasteiger partial charge in [-0.2, -0.15) is 0 Å². The van der Waals surface area contributed by atoms with Crippen molar-refractivity contribution < 1.29 is 14.0 Å².